The summed E-state index contributed by atoms with van der Waals surface area (Å²) in [5, 5.41) is 2.91. The highest BCUT2D eigenvalue weighted by molar-refractivity contribution is 7.99. The molecule has 140 valence electrons. The van der Waals surface area contributed by atoms with Gasteiger partial charge >= 0.3 is 0 Å². The predicted molar refractivity (Wildman–Crippen MR) is 114 cm³/mol. The van der Waals surface area contributed by atoms with Gasteiger partial charge in [-0.1, -0.05) is 36.0 Å². The van der Waals surface area contributed by atoms with E-state index in [0.29, 0.717) is 24.2 Å². The van der Waals surface area contributed by atoms with E-state index in [1.165, 1.54) is 16.7 Å². The summed E-state index contributed by atoms with van der Waals surface area (Å²) in [6, 6.07) is 23.5. The highest BCUT2D eigenvalue weighted by Gasteiger charge is 2.23. The molecular formula is C23H20N2O2S. The zero-order valence-corrected chi connectivity index (χ0v) is 16.3. The molecule has 0 saturated carbocycles. The summed E-state index contributed by atoms with van der Waals surface area (Å²) < 4.78 is 0. The maximum atomic E-state index is 12.5. The normalized spacial score (nSPS) is 12.1. The first-order valence-corrected chi connectivity index (χ1v) is 9.98. The van der Waals surface area contributed by atoms with Crippen LogP contribution in [-0.4, -0.2) is 18.2 Å². The SMILES string of the molecule is CC(=O)c1ccc(NC(=O)CCN2c3ccccc3Sc3ccccc32)cc1. The zero-order valence-electron chi connectivity index (χ0n) is 15.5. The zero-order chi connectivity index (χ0) is 19.5. The van der Waals surface area contributed by atoms with E-state index < -0.39 is 0 Å². The quantitative estimate of drug-likeness (QED) is 0.585. The van der Waals surface area contributed by atoms with Gasteiger partial charge in [0.2, 0.25) is 5.91 Å². The first kappa shape index (κ1) is 18.3. The average Bonchev–Trinajstić information content (AvgIpc) is 2.71. The molecule has 0 atom stereocenters. The van der Waals surface area contributed by atoms with Gasteiger partial charge in [0.05, 0.1) is 11.4 Å². The van der Waals surface area contributed by atoms with Crippen LogP contribution in [0, 0.1) is 0 Å². The van der Waals surface area contributed by atoms with Crippen molar-refractivity contribution in [2.75, 3.05) is 16.8 Å². The Morgan fingerprint density at radius 3 is 2.00 bits per heavy atom. The van der Waals surface area contributed by atoms with Crippen LogP contribution in [0.4, 0.5) is 17.1 Å². The number of benzene rings is 3. The molecule has 1 aliphatic heterocycles. The number of rotatable bonds is 5. The fourth-order valence-corrected chi connectivity index (χ4v) is 4.34. The summed E-state index contributed by atoms with van der Waals surface area (Å²) in [5.41, 5.74) is 3.59. The van der Waals surface area contributed by atoms with Gasteiger partial charge in [-0.05, 0) is 55.5 Å². The lowest BCUT2D eigenvalue weighted by Crippen LogP contribution is -2.25. The number of carbonyl (C=O) groups is 2. The summed E-state index contributed by atoms with van der Waals surface area (Å²) in [4.78, 5) is 28.5. The number of amides is 1. The van der Waals surface area contributed by atoms with Crippen LogP contribution in [0.5, 0.6) is 0 Å². The molecule has 5 heteroatoms. The molecule has 3 aromatic rings. The Morgan fingerprint density at radius 2 is 1.43 bits per heavy atom. The third kappa shape index (κ3) is 3.80. The number of hydrogen-bond donors (Lipinski definition) is 1. The lowest BCUT2D eigenvalue weighted by Gasteiger charge is -2.32. The van der Waals surface area contributed by atoms with Crippen molar-refractivity contribution in [1.82, 2.24) is 0 Å². The minimum absolute atomic E-state index is 0.0122. The molecule has 0 fully saturated rings. The average molecular weight is 388 g/mol. The first-order chi connectivity index (χ1) is 13.6. The Balaban J connectivity index is 1.47. The van der Waals surface area contributed by atoms with Gasteiger partial charge in [-0.15, -0.1) is 0 Å². The first-order valence-electron chi connectivity index (χ1n) is 9.16. The number of carbonyl (C=O) groups excluding carboxylic acids is 2. The van der Waals surface area contributed by atoms with E-state index in [0.717, 1.165) is 11.4 Å². The smallest absolute Gasteiger partial charge is 0.226 e. The molecular weight excluding hydrogens is 368 g/mol. The van der Waals surface area contributed by atoms with Gasteiger partial charge in [0, 0.05) is 34.0 Å². The van der Waals surface area contributed by atoms with E-state index in [1.807, 2.05) is 24.3 Å². The standard InChI is InChI=1S/C23H20N2O2S/c1-16(26)17-10-12-18(13-11-17)24-23(27)14-15-25-19-6-2-4-8-21(19)28-22-9-5-3-7-20(22)25/h2-13H,14-15H2,1H3,(H,24,27). The molecule has 0 aromatic heterocycles. The summed E-state index contributed by atoms with van der Waals surface area (Å²) in [6.07, 6.45) is 0.363. The van der Waals surface area contributed by atoms with Gasteiger partial charge in [-0.3, -0.25) is 9.59 Å². The van der Waals surface area contributed by atoms with Crippen molar-refractivity contribution in [3.05, 3.63) is 78.4 Å². The van der Waals surface area contributed by atoms with Gasteiger partial charge in [-0.2, -0.15) is 0 Å². The maximum Gasteiger partial charge on any atom is 0.226 e. The van der Waals surface area contributed by atoms with Crippen LogP contribution in [0.1, 0.15) is 23.7 Å². The minimum atomic E-state index is -0.0521. The van der Waals surface area contributed by atoms with Crippen LogP contribution in [0.25, 0.3) is 0 Å². The number of para-hydroxylation sites is 2. The van der Waals surface area contributed by atoms with Crippen LogP contribution in [0.2, 0.25) is 0 Å². The van der Waals surface area contributed by atoms with Crippen molar-refractivity contribution < 1.29 is 9.59 Å². The molecule has 1 aliphatic rings. The van der Waals surface area contributed by atoms with Crippen molar-refractivity contribution in [3.63, 3.8) is 0 Å². The van der Waals surface area contributed by atoms with Crippen LogP contribution in [0.3, 0.4) is 0 Å². The lowest BCUT2D eigenvalue weighted by molar-refractivity contribution is -0.116. The monoisotopic (exact) mass is 388 g/mol. The second-order valence-corrected chi connectivity index (χ2v) is 7.70. The molecule has 28 heavy (non-hydrogen) atoms. The fourth-order valence-electron chi connectivity index (χ4n) is 3.25. The van der Waals surface area contributed by atoms with Gasteiger partial charge in [0.1, 0.15) is 0 Å². The number of Topliss-reactive ketones (excluding diaryl/α,β-unsaturated/α-hetero) is 1. The molecule has 0 saturated heterocycles. The third-order valence-electron chi connectivity index (χ3n) is 4.67. The minimum Gasteiger partial charge on any atom is -0.339 e. The molecule has 0 spiro atoms. The van der Waals surface area contributed by atoms with E-state index >= 15 is 0 Å². The number of nitrogens with one attached hydrogen (secondary N) is 1. The summed E-state index contributed by atoms with van der Waals surface area (Å²) in [6.45, 7) is 2.12. The molecule has 1 N–H and O–H groups in total. The maximum absolute atomic E-state index is 12.5. The molecule has 4 nitrogen and oxygen atoms in total. The van der Waals surface area contributed by atoms with Gasteiger partial charge in [0.25, 0.3) is 0 Å². The van der Waals surface area contributed by atoms with Crippen molar-refractivity contribution in [1.29, 1.82) is 0 Å². The van der Waals surface area contributed by atoms with Crippen LogP contribution >= 0.6 is 11.8 Å². The van der Waals surface area contributed by atoms with Gasteiger partial charge in [-0.25, -0.2) is 0 Å². The molecule has 1 amide bonds. The molecule has 3 aromatic carbocycles. The highest BCUT2D eigenvalue weighted by atomic mass is 32.2. The highest BCUT2D eigenvalue weighted by Crippen LogP contribution is 2.47. The number of ketones is 1. The topological polar surface area (TPSA) is 49.4 Å². The van der Waals surface area contributed by atoms with E-state index in [1.54, 1.807) is 36.0 Å². The summed E-state index contributed by atoms with van der Waals surface area (Å²) in [5.74, 6) is -0.0399. The van der Waals surface area contributed by atoms with Crippen molar-refractivity contribution in [2.45, 2.75) is 23.1 Å². The largest absolute Gasteiger partial charge is 0.339 e. The molecule has 0 bridgehead atoms. The number of anilines is 3. The second-order valence-electron chi connectivity index (χ2n) is 6.62. The van der Waals surface area contributed by atoms with Crippen molar-refractivity contribution in [2.24, 2.45) is 0 Å². The van der Waals surface area contributed by atoms with Crippen LogP contribution < -0.4 is 10.2 Å². The Labute approximate surface area is 168 Å². The van der Waals surface area contributed by atoms with Crippen molar-refractivity contribution in [3.8, 4) is 0 Å². The molecule has 0 unspecified atom stereocenters. The number of nitrogens with zero attached hydrogens (tertiary/aromatic N) is 1. The predicted octanol–water partition coefficient (Wildman–Crippen LogP) is 5.52. The molecule has 0 aliphatic carbocycles. The van der Waals surface area contributed by atoms with E-state index in [2.05, 4.69) is 34.5 Å². The Hall–Kier alpha value is -3.05. The van der Waals surface area contributed by atoms with Gasteiger partial charge in [0.15, 0.2) is 5.78 Å². The van der Waals surface area contributed by atoms with Gasteiger partial charge < -0.3 is 10.2 Å². The summed E-state index contributed by atoms with van der Waals surface area (Å²) >= 11 is 1.76. The lowest BCUT2D eigenvalue weighted by atomic mass is 10.1. The van der Waals surface area contributed by atoms with Crippen LogP contribution in [-0.2, 0) is 4.79 Å². The molecule has 1 heterocycles. The van der Waals surface area contributed by atoms with Crippen molar-refractivity contribution >= 4 is 40.5 Å². The second kappa shape index (κ2) is 7.90. The Morgan fingerprint density at radius 1 is 0.857 bits per heavy atom. The Bertz CT molecular complexity index is 985. The van der Waals surface area contributed by atoms with E-state index in [9.17, 15) is 9.59 Å². The summed E-state index contributed by atoms with van der Waals surface area (Å²) in [7, 11) is 0. The Kier molecular flexibility index (Phi) is 5.17. The number of hydrogen-bond acceptors (Lipinski definition) is 4. The van der Waals surface area contributed by atoms with Crippen LogP contribution in [0.15, 0.2) is 82.6 Å². The van der Waals surface area contributed by atoms with E-state index in [4.69, 9.17) is 0 Å². The third-order valence-corrected chi connectivity index (χ3v) is 5.80. The fraction of sp³-hybridized carbons (Fsp3) is 0.130. The number of fused-ring (bicyclic) bond motifs is 2. The molecule has 0 radical (unpaired) electrons. The van der Waals surface area contributed by atoms with E-state index in [-0.39, 0.29) is 11.7 Å². The molecule has 4 rings (SSSR count).